The van der Waals surface area contributed by atoms with Gasteiger partial charge in [-0.15, -0.1) is 0 Å². The van der Waals surface area contributed by atoms with Crippen LogP contribution in [0, 0.1) is 5.41 Å². The lowest BCUT2D eigenvalue weighted by molar-refractivity contribution is -0.141. The molecule has 3 aromatic carbocycles. The molecule has 3 rings (SSSR count). The summed E-state index contributed by atoms with van der Waals surface area (Å²) in [5.41, 5.74) is 1.98. The molecule has 0 saturated carbocycles. The average Bonchev–Trinajstić information content (AvgIpc) is 2.92. The van der Waals surface area contributed by atoms with Crippen LogP contribution in [0.15, 0.2) is 66.7 Å². The molecule has 3 aromatic rings. The lowest BCUT2D eigenvalue weighted by Gasteiger charge is -2.22. The van der Waals surface area contributed by atoms with Gasteiger partial charge in [0.2, 0.25) is 5.78 Å². The topological polar surface area (TPSA) is 148 Å². The first-order chi connectivity index (χ1) is 17.2. The Labute approximate surface area is 208 Å². The lowest BCUT2D eigenvalue weighted by atomic mass is 9.86. The van der Waals surface area contributed by atoms with Crippen LogP contribution >= 0.6 is 0 Å². The quantitative estimate of drug-likeness (QED) is 0.230. The number of hydrogen-bond acceptors (Lipinski definition) is 6. The number of carbonyl (C=O) groups is 4. The molecule has 5 N–H and O–H groups in total. The van der Waals surface area contributed by atoms with Crippen LogP contribution in [0.2, 0.25) is 0 Å². The molecular weight excluding hydrogens is 460 g/mol. The number of benzene rings is 3. The highest BCUT2D eigenvalue weighted by Crippen LogP contribution is 2.31. The van der Waals surface area contributed by atoms with Crippen molar-refractivity contribution in [3.05, 3.63) is 83.4 Å². The number of carbonyl (C=O) groups excluding carboxylic acids is 4. The summed E-state index contributed by atoms with van der Waals surface area (Å²) < 4.78 is 0. The normalized spacial score (nSPS) is 12.3. The molecule has 0 radical (unpaired) electrons. The van der Waals surface area contributed by atoms with E-state index in [1.165, 1.54) is 7.05 Å². The molecule has 0 aliphatic rings. The number of fused-ring (bicyclic) bond motifs is 1. The van der Waals surface area contributed by atoms with E-state index in [0.29, 0.717) is 11.1 Å². The Hall–Kier alpha value is -4.37. The van der Waals surface area contributed by atoms with E-state index >= 15 is 0 Å². The van der Waals surface area contributed by atoms with E-state index in [2.05, 4.69) is 16.0 Å². The van der Waals surface area contributed by atoms with E-state index in [0.717, 1.165) is 16.3 Å². The number of ketones is 1. The van der Waals surface area contributed by atoms with Gasteiger partial charge in [-0.2, -0.15) is 0 Å². The van der Waals surface area contributed by atoms with Crippen molar-refractivity contribution in [2.24, 2.45) is 0 Å². The summed E-state index contributed by atoms with van der Waals surface area (Å²) in [4.78, 5) is 46.8. The summed E-state index contributed by atoms with van der Waals surface area (Å²) in [7, 11) is 1.28. The van der Waals surface area contributed by atoms with Gasteiger partial charge in [0.05, 0.1) is 6.54 Å². The Morgan fingerprint density at radius 2 is 1.44 bits per heavy atom. The van der Waals surface area contributed by atoms with Gasteiger partial charge in [-0.25, -0.2) is 0 Å². The molecule has 36 heavy (non-hydrogen) atoms. The molecule has 3 amide bonds. The minimum atomic E-state index is -1.23. The number of aliphatic hydroxyl groups excluding tert-OH is 1. The Balaban J connectivity index is 1.69. The number of nitrogens with one attached hydrogen (secondary N) is 4. The molecule has 0 aromatic heterocycles. The van der Waals surface area contributed by atoms with E-state index in [1.807, 2.05) is 49.4 Å². The summed E-state index contributed by atoms with van der Waals surface area (Å²) in [6, 6.07) is 20.5. The van der Waals surface area contributed by atoms with Gasteiger partial charge in [0, 0.05) is 25.2 Å². The van der Waals surface area contributed by atoms with Crippen LogP contribution in [0.4, 0.5) is 0 Å². The van der Waals surface area contributed by atoms with Gasteiger partial charge in [0.15, 0.2) is 0 Å². The predicted octanol–water partition coefficient (Wildman–Crippen LogP) is 1.74. The highest BCUT2D eigenvalue weighted by molar-refractivity contribution is 6.39. The highest BCUT2D eigenvalue weighted by atomic mass is 16.3. The monoisotopic (exact) mass is 488 g/mol. The van der Waals surface area contributed by atoms with Gasteiger partial charge in [0.1, 0.15) is 6.10 Å². The molecule has 0 saturated heterocycles. The molecule has 0 aliphatic heterocycles. The van der Waals surface area contributed by atoms with Gasteiger partial charge >= 0.3 is 11.8 Å². The van der Waals surface area contributed by atoms with Gasteiger partial charge in [0.25, 0.3) is 5.91 Å². The van der Waals surface area contributed by atoms with Crippen molar-refractivity contribution in [2.45, 2.75) is 25.5 Å². The predicted molar refractivity (Wildman–Crippen MR) is 135 cm³/mol. The smallest absolute Gasteiger partial charge is 0.309 e. The highest BCUT2D eigenvalue weighted by Gasteiger charge is 2.24. The Bertz CT molecular complexity index is 1320. The molecule has 1 unspecified atom stereocenters. The van der Waals surface area contributed by atoms with E-state index in [4.69, 9.17) is 5.41 Å². The second-order valence-corrected chi connectivity index (χ2v) is 8.21. The van der Waals surface area contributed by atoms with Crippen molar-refractivity contribution in [3.63, 3.8) is 0 Å². The van der Waals surface area contributed by atoms with Gasteiger partial charge < -0.3 is 26.5 Å². The van der Waals surface area contributed by atoms with Crippen molar-refractivity contribution in [2.75, 3.05) is 13.6 Å². The van der Waals surface area contributed by atoms with Crippen molar-refractivity contribution >= 4 is 40.0 Å². The summed E-state index contributed by atoms with van der Waals surface area (Å²) in [5, 5.41) is 28.5. The number of amides is 3. The maximum absolute atomic E-state index is 12.2. The first kappa shape index (κ1) is 26.2. The van der Waals surface area contributed by atoms with Gasteiger partial charge in [-0.05, 0) is 27.5 Å². The number of Topliss-reactive ketones (excluding diaryl/α,β-unsaturated/α-hetero) is 1. The van der Waals surface area contributed by atoms with Gasteiger partial charge in [-0.1, -0.05) is 73.7 Å². The van der Waals surface area contributed by atoms with Crippen LogP contribution < -0.4 is 16.0 Å². The number of hydrogen-bond donors (Lipinski definition) is 5. The number of aliphatic hydroxyl groups is 1. The van der Waals surface area contributed by atoms with E-state index in [-0.39, 0.29) is 18.2 Å². The summed E-state index contributed by atoms with van der Waals surface area (Å²) in [5.74, 6) is -4.20. The number of likely N-dealkylation sites (N-methyl/N-ethyl adjacent to an activating group) is 1. The zero-order valence-electron chi connectivity index (χ0n) is 20.0. The van der Waals surface area contributed by atoms with E-state index in [1.54, 1.807) is 24.3 Å². The molecule has 0 bridgehead atoms. The van der Waals surface area contributed by atoms with Crippen LogP contribution in [-0.2, 0) is 25.7 Å². The third-order valence-corrected chi connectivity index (χ3v) is 5.94. The molecular formula is C27H28N4O5. The molecule has 9 nitrogen and oxygen atoms in total. The molecule has 0 heterocycles. The Kier molecular flexibility index (Phi) is 8.64. The molecule has 0 spiro atoms. The zero-order valence-corrected chi connectivity index (χ0v) is 20.0. The maximum atomic E-state index is 12.2. The molecule has 0 aliphatic carbocycles. The van der Waals surface area contributed by atoms with Crippen LogP contribution in [0.1, 0.15) is 35.6 Å². The second kappa shape index (κ2) is 11.9. The molecule has 186 valence electrons. The molecule has 2 atom stereocenters. The van der Waals surface area contributed by atoms with E-state index in [9.17, 15) is 24.3 Å². The lowest BCUT2D eigenvalue weighted by Crippen LogP contribution is -2.44. The molecule has 9 heteroatoms. The minimum Gasteiger partial charge on any atom is -0.382 e. The summed E-state index contributed by atoms with van der Waals surface area (Å²) >= 11 is 0. The molecule has 0 fully saturated rings. The van der Waals surface area contributed by atoms with Crippen LogP contribution in [0.5, 0.6) is 0 Å². The van der Waals surface area contributed by atoms with Crippen LogP contribution in [0.25, 0.3) is 10.8 Å². The first-order valence-electron chi connectivity index (χ1n) is 11.4. The van der Waals surface area contributed by atoms with E-state index < -0.39 is 36.2 Å². The fourth-order valence-corrected chi connectivity index (χ4v) is 3.88. The third-order valence-electron chi connectivity index (χ3n) is 5.94. The van der Waals surface area contributed by atoms with Crippen molar-refractivity contribution in [1.82, 2.24) is 16.0 Å². The number of rotatable bonds is 9. The SMILES string of the molecule is CNC(=O)C(=O)CNC(=O)C(=O)NCc1ccccc1C(O)C(=N)[C@H](C)c1cccc2ccccc12. The van der Waals surface area contributed by atoms with Crippen LogP contribution in [0.3, 0.4) is 0 Å². The second-order valence-electron chi connectivity index (χ2n) is 8.21. The maximum Gasteiger partial charge on any atom is 0.309 e. The Morgan fingerprint density at radius 1 is 0.833 bits per heavy atom. The van der Waals surface area contributed by atoms with Gasteiger partial charge in [-0.3, -0.25) is 19.2 Å². The fraction of sp³-hybridized carbons (Fsp3) is 0.222. The summed E-state index contributed by atoms with van der Waals surface area (Å²) in [6.07, 6.45) is -1.23. The first-order valence-corrected chi connectivity index (χ1v) is 11.4. The Morgan fingerprint density at radius 3 is 2.19 bits per heavy atom. The van der Waals surface area contributed by atoms with Crippen molar-refractivity contribution in [1.29, 1.82) is 5.41 Å². The average molecular weight is 489 g/mol. The van der Waals surface area contributed by atoms with Crippen molar-refractivity contribution in [3.8, 4) is 0 Å². The van der Waals surface area contributed by atoms with Crippen LogP contribution in [-0.4, -0.2) is 47.9 Å². The fourth-order valence-electron chi connectivity index (χ4n) is 3.88. The van der Waals surface area contributed by atoms with Crippen molar-refractivity contribution < 1.29 is 24.3 Å². The standard InChI is InChI=1S/C27H28N4O5/c1-16(19-13-7-10-17-8-3-5-11-20(17)19)23(28)24(33)21-12-6-4-9-18(21)14-30-26(35)27(36)31-15-22(32)25(34)29-2/h3-13,16,24,28,33H,14-15H2,1-2H3,(H,29,34)(H,30,35)(H,31,36)/t16-,24?/m1/s1. The zero-order chi connectivity index (χ0) is 26.2. The minimum absolute atomic E-state index is 0.0845. The summed E-state index contributed by atoms with van der Waals surface area (Å²) in [6.45, 7) is 1.17. The third kappa shape index (κ3) is 6.00. The largest absolute Gasteiger partial charge is 0.382 e.